The average Bonchev–Trinajstić information content (AvgIpc) is 2.80. The Morgan fingerprint density at radius 3 is 1.24 bits per heavy atom. The van der Waals surface area contributed by atoms with Gasteiger partial charge >= 0.3 is 8.25 Å². The number of hydrogen-bond acceptors (Lipinski definition) is 5. The molecule has 0 aromatic rings. The summed E-state index contributed by atoms with van der Waals surface area (Å²) in [5.41, 5.74) is 7.55. The highest BCUT2D eigenvalue weighted by Gasteiger charge is 2.23. The summed E-state index contributed by atoms with van der Waals surface area (Å²) in [7, 11) is -2.41. The van der Waals surface area contributed by atoms with Gasteiger partial charge in [-0.2, -0.15) is 0 Å². The maximum absolute atomic E-state index is 12.0. The van der Waals surface area contributed by atoms with Gasteiger partial charge in [-0.15, -0.1) is 9.05 Å². The lowest BCUT2D eigenvalue weighted by atomic mass is 10.1. The molecule has 0 radical (unpaired) electrons. The summed E-state index contributed by atoms with van der Waals surface area (Å²) >= 11 is 0. The zero-order chi connectivity index (χ0) is 28.9. The van der Waals surface area contributed by atoms with Crippen LogP contribution in [0.2, 0.25) is 0 Å². The lowest BCUT2D eigenvalue weighted by Crippen LogP contribution is -2.13. The van der Waals surface area contributed by atoms with Gasteiger partial charge in [0.25, 0.3) is 0 Å². The second-order valence-corrected chi connectivity index (χ2v) is 11.8. The molecule has 0 aliphatic rings. The third kappa shape index (κ3) is 23.5. The molecule has 0 saturated heterocycles. The maximum Gasteiger partial charge on any atom is 0.697 e. The summed E-state index contributed by atoms with van der Waals surface area (Å²) in [5, 5.41) is 20.3. The van der Waals surface area contributed by atoms with Crippen LogP contribution in [0.15, 0.2) is 69.9 Å². The van der Waals surface area contributed by atoms with Gasteiger partial charge in [0.2, 0.25) is 0 Å². The molecular weight excluding hydrogens is 495 g/mol. The summed E-state index contributed by atoms with van der Waals surface area (Å²) < 4.78 is 22.3. The lowest BCUT2D eigenvalue weighted by molar-refractivity contribution is 0.107. The van der Waals surface area contributed by atoms with E-state index >= 15 is 0 Å². The number of aliphatic hydroxyl groups excluding tert-OH is 2. The Hall–Kier alpha value is -1.62. The summed E-state index contributed by atoms with van der Waals surface area (Å²) in [6, 6.07) is 0. The van der Waals surface area contributed by atoms with Crippen LogP contribution in [0.3, 0.4) is 0 Å². The highest BCUT2D eigenvalue weighted by atomic mass is 31.1. The van der Waals surface area contributed by atoms with Crippen LogP contribution in [0.1, 0.15) is 107 Å². The average molecular weight is 550 g/mol. The van der Waals surface area contributed by atoms with Crippen LogP contribution in [0.5, 0.6) is 0 Å². The number of hydrogen-bond donors (Lipinski definition) is 2. The highest BCUT2D eigenvalue weighted by molar-refractivity contribution is 7.33. The van der Waals surface area contributed by atoms with Crippen LogP contribution in [-0.4, -0.2) is 35.6 Å². The van der Waals surface area contributed by atoms with Crippen LogP contribution in [0.25, 0.3) is 0 Å². The topological polar surface area (TPSA) is 76.0 Å². The number of aliphatic hydroxyl groups is 2. The molecule has 0 bridgehead atoms. The van der Waals surface area contributed by atoms with Crippen molar-refractivity contribution in [3.05, 3.63) is 69.9 Å². The van der Waals surface area contributed by atoms with Crippen LogP contribution < -0.4 is 0 Å². The second kappa shape index (κ2) is 22.2. The third-order valence-electron chi connectivity index (χ3n) is 5.90. The van der Waals surface area contributed by atoms with Gasteiger partial charge in [-0.25, -0.2) is 0 Å². The SMILES string of the molecule is CC(C)=CCC/C(C)=C/CC/C(C)=C/C(O)CO[P+](=O)OCC(O)/C=C(\C)CC/C=C(\C)CCC=C(C)C. The Bertz CT molecular complexity index is 798. The van der Waals surface area contributed by atoms with Gasteiger partial charge < -0.3 is 10.2 Å². The van der Waals surface area contributed by atoms with E-state index in [-0.39, 0.29) is 13.2 Å². The fraction of sp³-hybridized carbons (Fsp3) is 0.625. The van der Waals surface area contributed by atoms with Crippen molar-refractivity contribution >= 4 is 8.25 Å². The molecule has 2 N–H and O–H groups in total. The molecule has 38 heavy (non-hydrogen) atoms. The van der Waals surface area contributed by atoms with Gasteiger partial charge in [0.05, 0.1) is 0 Å². The zero-order valence-corrected chi connectivity index (χ0v) is 26.2. The molecule has 0 amide bonds. The molecule has 2 atom stereocenters. The molecule has 0 spiro atoms. The van der Waals surface area contributed by atoms with Crippen molar-refractivity contribution < 1.29 is 23.8 Å². The van der Waals surface area contributed by atoms with Crippen LogP contribution in [0.4, 0.5) is 0 Å². The van der Waals surface area contributed by atoms with Gasteiger partial charge in [-0.05, 0) is 107 Å². The van der Waals surface area contributed by atoms with E-state index in [4.69, 9.17) is 9.05 Å². The Morgan fingerprint density at radius 1 is 0.579 bits per heavy atom. The first-order valence-corrected chi connectivity index (χ1v) is 15.0. The molecule has 216 valence electrons. The van der Waals surface area contributed by atoms with Crippen molar-refractivity contribution in [3.63, 3.8) is 0 Å². The summed E-state index contributed by atoms with van der Waals surface area (Å²) in [6.07, 6.45) is 18.6. The van der Waals surface area contributed by atoms with Crippen LogP contribution >= 0.6 is 8.25 Å². The fourth-order valence-electron chi connectivity index (χ4n) is 3.71. The summed E-state index contributed by atoms with van der Waals surface area (Å²) in [6.45, 7) is 16.5. The van der Waals surface area contributed by atoms with E-state index in [1.165, 1.54) is 22.3 Å². The standard InChI is InChI=1S/C32H54O5P/c1-25(2)13-9-15-27(5)17-11-19-29(7)21-31(33)23-36-38(35)37-24-32(34)22-30(8)20-12-18-28(6)16-10-14-26(3)4/h13-14,17-18,21-22,31-34H,9-12,15-16,19-20,23-24H2,1-8H3/q+1/b27-17+,28-18+,29-21+,30-22+. The molecule has 0 saturated carbocycles. The quantitative estimate of drug-likeness (QED) is 0.117. The number of rotatable bonds is 20. The second-order valence-electron chi connectivity index (χ2n) is 10.8. The Kier molecular flexibility index (Phi) is 21.3. The normalized spacial score (nSPS) is 15.3. The van der Waals surface area contributed by atoms with E-state index in [0.717, 1.165) is 62.5 Å². The van der Waals surface area contributed by atoms with Gasteiger partial charge in [0.1, 0.15) is 25.4 Å². The molecule has 0 aliphatic heterocycles. The smallest absolute Gasteiger partial charge is 0.386 e. The third-order valence-corrected chi connectivity index (χ3v) is 6.62. The largest absolute Gasteiger partial charge is 0.697 e. The minimum atomic E-state index is -2.41. The molecule has 2 unspecified atom stereocenters. The van der Waals surface area contributed by atoms with E-state index in [1.807, 2.05) is 13.8 Å². The van der Waals surface area contributed by atoms with Crippen LogP contribution in [-0.2, 0) is 13.6 Å². The first kappa shape index (κ1) is 36.4. The first-order chi connectivity index (χ1) is 17.9. The van der Waals surface area contributed by atoms with E-state index in [0.29, 0.717) is 0 Å². The van der Waals surface area contributed by atoms with Crippen LogP contribution in [0, 0.1) is 0 Å². The van der Waals surface area contributed by atoms with E-state index in [2.05, 4.69) is 65.8 Å². The maximum atomic E-state index is 12.0. The molecule has 0 aromatic carbocycles. The molecule has 0 aromatic heterocycles. The van der Waals surface area contributed by atoms with E-state index in [1.54, 1.807) is 12.2 Å². The van der Waals surface area contributed by atoms with Crippen molar-refractivity contribution in [2.75, 3.05) is 13.2 Å². The predicted molar refractivity (Wildman–Crippen MR) is 162 cm³/mol. The first-order valence-electron chi connectivity index (χ1n) is 13.9. The van der Waals surface area contributed by atoms with E-state index in [9.17, 15) is 14.8 Å². The van der Waals surface area contributed by atoms with Gasteiger partial charge in [-0.1, -0.05) is 69.9 Å². The minimum absolute atomic E-state index is 0.117. The minimum Gasteiger partial charge on any atom is -0.386 e. The van der Waals surface area contributed by atoms with Crippen molar-refractivity contribution in [1.29, 1.82) is 0 Å². The lowest BCUT2D eigenvalue weighted by Gasteiger charge is -2.06. The van der Waals surface area contributed by atoms with Gasteiger partial charge in [0.15, 0.2) is 0 Å². The van der Waals surface area contributed by atoms with Crippen molar-refractivity contribution in [3.8, 4) is 0 Å². The molecule has 5 nitrogen and oxygen atoms in total. The molecule has 0 aliphatic carbocycles. The predicted octanol–water partition coefficient (Wildman–Crippen LogP) is 9.24. The summed E-state index contributed by atoms with van der Waals surface area (Å²) in [4.78, 5) is 0. The molecule has 6 heteroatoms. The zero-order valence-electron chi connectivity index (χ0n) is 25.3. The van der Waals surface area contributed by atoms with E-state index < -0.39 is 20.5 Å². The molecular formula is C32H54O5P+. The fourth-order valence-corrected chi connectivity index (χ4v) is 4.33. The number of allylic oxidation sites excluding steroid dienone is 10. The van der Waals surface area contributed by atoms with Crippen molar-refractivity contribution in [1.82, 2.24) is 0 Å². The molecule has 0 fully saturated rings. The molecule has 0 rings (SSSR count). The Labute approximate surface area is 234 Å². The Morgan fingerprint density at radius 2 is 0.895 bits per heavy atom. The summed E-state index contributed by atoms with van der Waals surface area (Å²) in [5.74, 6) is 0. The van der Waals surface area contributed by atoms with Gasteiger partial charge in [-0.3, -0.25) is 0 Å². The van der Waals surface area contributed by atoms with Gasteiger partial charge in [0, 0.05) is 4.57 Å². The highest BCUT2D eigenvalue weighted by Crippen LogP contribution is 2.25. The monoisotopic (exact) mass is 549 g/mol. The Balaban J connectivity index is 4.24. The molecule has 0 heterocycles. The van der Waals surface area contributed by atoms with Crippen molar-refractivity contribution in [2.45, 2.75) is 119 Å². The van der Waals surface area contributed by atoms with Crippen molar-refractivity contribution in [2.24, 2.45) is 0 Å².